The Morgan fingerprint density at radius 2 is 2.46 bits per heavy atom. The van der Waals surface area contributed by atoms with Crippen molar-refractivity contribution in [1.82, 2.24) is 0 Å². The Kier molecular flexibility index (Phi) is 2.51. The molecule has 1 spiro atoms. The molecule has 74 valence electrons. The van der Waals surface area contributed by atoms with Crippen LogP contribution in [-0.4, -0.2) is 35.8 Å². The zero-order chi connectivity index (χ0) is 9.31. The summed E-state index contributed by atoms with van der Waals surface area (Å²) in [7, 11) is 0. The van der Waals surface area contributed by atoms with E-state index in [0.717, 1.165) is 17.9 Å². The summed E-state index contributed by atoms with van der Waals surface area (Å²) in [6.45, 7) is 1.26. The molecule has 3 nitrogen and oxygen atoms in total. The predicted molar refractivity (Wildman–Crippen MR) is 50.9 cm³/mol. The number of carboxylic acids is 1. The lowest BCUT2D eigenvalue weighted by Crippen LogP contribution is -2.44. The highest BCUT2D eigenvalue weighted by atomic mass is 32.2. The van der Waals surface area contributed by atoms with Gasteiger partial charge < -0.3 is 9.84 Å². The van der Waals surface area contributed by atoms with E-state index in [1.54, 1.807) is 0 Å². The molecule has 1 N–H and O–H groups in total. The minimum Gasteiger partial charge on any atom is -0.481 e. The van der Waals surface area contributed by atoms with Crippen LogP contribution in [0.2, 0.25) is 0 Å². The van der Waals surface area contributed by atoms with Crippen molar-refractivity contribution in [3.63, 3.8) is 0 Å². The van der Waals surface area contributed by atoms with Gasteiger partial charge in [0.1, 0.15) is 0 Å². The molecule has 0 aromatic rings. The van der Waals surface area contributed by atoms with E-state index in [2.05, 4.69) is 0 Å². The SMILES string of the molecule is O=C(O)C1CCOCC12CCSC2. The maximum atomic E-state index is 11.1. The van der Waals surface area contributed by atoms with Gasteiger partial charge in [-0.1, -0.05) is 0 Å². The zero-order valence-electron chi connectivity index (χ0n) is 7.49. The number of thioether (sulfide) groups is 1. The Bertz CT molecular complexity index is 211. The minimum absolute atomic E-state index is 0.0469. The average molecular weight is 202 g/mol. The van der Waals surface area contributed by atoms with E-state index >= 15 is 0 Å². The fourth-order valence-corrected chi connectivity index (χ4v) is 3.81. The molecular formula is C9H14O3S. The van der Waals surface area contributed by atoms with Crippen molar-refractivity contribution in [3.8, 4) is 0 Å². The summed E-state index contributed by atoms with van der Waals surface area (Å²) < 4.78 is 5.41. The minimum atomic E-state index is -0.634. The molecule has 0 saturated carbocycles. The van der Waals surface area contributed by atoms with Gasteiger partial charge in [0.25, 0.3) is 0 Å². The van der Waals surface area contributed by atoms with Crippen molar-refractivity contribution < 1.29 is 14.6 Å². The number of hydrogen-bond acceptors (Lipinski definition) is 3. The van der Waals surface area contributed by atoms with Gasteiger partial charge in [-0.25, -0.2) is 0 Å². The molecule has 2 rings (SSSR count). The molecule has 0 aliphatic carbocycles. The lowest BCUT2D eigenvalue weighted by Gasteiger charge is -2.37. The Hall–Kier alpha value is -0.220. The number of carbonyl (C=O) groups is 1. The number of aliphatic carboxylic acids is 1. The second-order valence-corrected chi connectivity index (χ2v) is 5.00. The molecule has 2 saturated heterocycles. The van der Waals surface area contributed by atoms with E-state index in [1.807, 2.05) is 11.8 Å². The van der Waals surface area contributed by atoms with Crippen LogP contribution >= 0.6 is 11.8 Å². The van der Waals surface area contributed by atoms with Crippen molar-refractivity contribution >= 4 is 17.7 Å². The third-order valence-electron chi connectivity index (χ3n) is 3.11. The Balaban J connectivity index is 2.16. The number of ether oxygens (including phenoxy) is 1. The molecule has 0 aromatic heterocycles. The zero-order valence-corrected chi connectivity index (χ0v) is 8.31. The van der Waals surface area contributed by atoms with Gasteiger partial charge in [-0.15, -0.1) is 0 Å². The normalized spacial score (nSPS) is 39.5. The van der Waals surface area contributed by atoms with E-state index in [9.17, 15) is 4.79 Å². The summed E-state index contributed by atoms with van der Waals surface area (Å²) in [6, 6.07) is 0. The highest BCUT2D eigenvalue weighted by Gasteiger charge is 2.47. The van der Waals surface area contributed by atoms with Gasteiger partial charge in [-0.05, 0) is 18.6 Å². The number of hydrogen-bond donors (Lipinski definition) is 1. The summed E-state index contributed by atoms with van der Waals surface area (Å²) in [5, 5.41) is 9.10. The summed E-state index contributed by atoms with van der Waals surface area (Å²) in [5.74, 6) is 1.25. The van der Waals surface area contributed by atoms with Crippen molar-refractivity contribution in [2.45, 2.75) is 12.8 Å². The lowest BCUT2D eigenvalue weighted by atomic mass is 9.73. The third kappa shape index (κ3) is 1.57. The van der Waals surface area contributed by atoms with Crippen LogP contribution in [0.4, 0.5) is 0 Å². The van der Waals surface area contributed by atoms with Crippen LogP contribution in [0.1, 0.15) is 12.8 Å². The third-order valence-corrected chi connectivity index (χ3v) is 4.38. The first-order valence-electron chi connectivity index (χ1n) is 4.63. The summed E-state index contributed by atoms with van der Waals surface area (Å²) in [6.07, 6.45) is 1.70. The molecule has 2 aliphatic rings. The van der Waals surface area contributed by atoms with Gasteiger partial charge in [0.05, 0.1) is 12.5 Å². The summed E-state index contributed by atoms with van der Waals surface area (Å²) >= 11 is 1.86. The van der Waals surface area contributed by atoms with E-state index in [1.165, 1.54) is 0 Å². The Morgan fingerprint density at radius 1 is 1.62 bits per heavy atom. The van der Waals surface area contributed by atoms with Crippen LogP contribution in [0.15, 0.2) is 0 Å². The van der Waals surface area contributed by atoms with Crippen LogP contribution in [-0.2, 0) is 9.53 Å². The fourth-order valence-electron chi connectivity index (χ4n) is 2.28. The van der Waals surface area contributed by atoms with Crippen molar-refractivity contribution in [3.05, 3.63) is 0 Å². The molecular weight excluding hydrogens is 188 g/mol. The maximum Gasteiger partial charge on any atom is 0.307 e. The molecule has 2 atom stereocenters. The van der Waals surface area contributed by atoms with Gasteiger partial charge in [0.15, 0.2) is 0 Å². The van der Waals surface area contributed by atoms with Crippen LogP contribution in [0, 0.1) is 11.3 Å². The topological polar surface area (TPSA) is 46.5 Å². The van der Waals surface area contributed by atoms with Gasteiger partial charge >= 0.3 is 5.97 Å². The van der Waals surface area contributed by atoms with E-state index in [0.29, 0.717) is 19.6 Å². The van der Waals surface area contributed by atoms with E-state index in [-0.39, 0.29) is 11.3 Å². The van der Waals surface area contributed by atoms with Crippen molar-refractivity contribution in [2.24, 2.45) is 11.3 Å². The molecule has 2 fully saturated rings. The van der Waals surface area contributed by atoms with Gasteiger partial charge in [0.2, 0.25) is 0 Å². The number of rotatable bonds is 1. The average Bonchev–Trinajstić information content (AvgIpc) is 2.54. The lowest BCUT2D eigenvalue weighted by molar-refractivity contribution is -0.153. The van der Waals surface area contributed by atoms with Crippen LogP contribution in [0.3, 0.4) is 0 Å². The first kappa shape index (κ1) is 9.34. The maximum absolute atomic E-state index is 11.1. The molecule has 2 aliphatic heterocycles. The van der Waals surface area contributed by atoms with E-state index < -0.39 is 5.97 Å². The van der Waals surface area contributed by atoms with Crippen LogP contribution in [0.5, 0.6) is 0 Å². The Labute approximate surface area is 81.8 Å². The molecule has 0 radical (unpaired) electrons. The molecule has 0 bridgehead atoms. The van der Waals surface area contributed by atoms with Gasteiger partial charge in [0, 0.05) is 17.8 Å². The molecule has 2 unspecified atom stereocenters. The highest BCUT2D eigenvalue weighted by Crippen LogP contribution is 2.46. The molecule has 13 heavy (non-hydrogen) atoms. The Morgan fingerprint density at radius 3 is 3.08 bits per heavy atom. The second kappa shape index (κ2) is 3.50. The highest BCUT2D eigenvalue weighted by molar-refractivity contribution is 7.99. The standard InChI is InChI=1S/C9H14O3S/c10-8(11)7-1-3-12-5-9(7)2-4-13-6-9/h7H,1-6H2,(H,10,11). The largest absolute Gasteiger partial charge is 0.481 e. The molecule has 0 aromatic carbocycles. The van der Waals surface area contributed by atoms with Crippen molar-refractivity contribution in [2.75, 3.05) is 24.7 Å². The predicted octanol–water partition coefficient (Wildman–Crippen LogP) is 1.23. The molecule has 0 amide bonds. The number of carboxylic acid groups (broad SMARTS) is 1. The summed E-state index contributed by atoms with van der Waals surface area (Å²) in [4.78, 5) is 11.1. The van der Waals surface area contributed by atoms with Gasteiger partial charge in [-0.3, -0.25) is 4.79 Å². The second-order valence-electron chi connectivity index (χ2n) is 3.90. The monoisotopic (exact) mass is 202 g/mol. The van der Waals surface area contributed by atoms with Crippen LogP contribution < -0.4 is 0 Å². The van der Waals surface area contributed by atoms with Gasteiger partial charge in [-0.2, -0.15) is 11.8 Å². The summed E-state index contributed by atoms with van der Waals surface area (Å²) in [5.41, 5.74) is -0.0469. The first-order valence-corrected chi connectivity index (χ1v) is 5.78. The smallest absolute Gasteiger partial charge is 0.307 e. The molecule has 2 heterocycles. The first-order chi connectivity index (χ1) is 6.25. The fraction of sp³-hybridized carbons (Fsp3) is 0.889. The van der Waals surface area contributed by atoms with Crippen LogP contribution in [0.25, 0.3) is 0 Å². The quantitative estimate of drug-likeness (QED) is 0.694. The molecule has 4 heteroatoms. The van der Waals surface area contributed by atoms with Crippen molar-refractivity contribution in [1.29, 1.82) is 0 Å². The van der Waals surface area contributed by atoms with E-state index in [4.69, 9.17) is 9.84 Å².